The fourth-order valence-corrected chi connectivity index (χ4v) is 3.05. The Morgan fingerprint density at radius 3 is 2.68 bits per heavy atom. The molecule has 0 aliphatic carbocycles. The van der Waals surface area contributed by atoms with Crippen LogP contribution in [0.15, 0.2) is 60.4 Å². The van der Waals surface area contributed by atoms with Gasteiger partial charge in [0.15, 0.2) is 0 Å². The Morgan fingerprint density at radius 1 is 1.39 bits per heavy atom. The molecular weight excluding hydrogens is 385 g/mol. The van der Waals surface area contributed by atoms with Crippen molar-refractivity contribution >= 4 is 32.0 Å². The predicted molar refractivity (Wildman–Crippen MR) is 126 cm³/mol. The molecule has 2 N–H and O–H groups in total. The van der Waals surface area contributed by atoms with E-state index in [0.717, 1.165) is 32.3 Å². The summed E-state index contributed by atoms with van der Waals surface area (Å²) in [7, 11) is 2.79. The first kappa shape index (κ1) is 22.1. The zero-order valence-electron chi connectivity index (χ0n) is 16.9. The summed E-state index contributed by atoms with van der Waals surface area (Å²) < 4.78 is 0. The van der Waals surface area contributed by atoms with Crippen molar-refractivity contribution in [2.45, 2.75) is 32.9 Å². The largest absolute Gasteiger partial charge is 0.508 e. The van der Waals surface area contributed by atoms with Crippen molar-refractivity contribution in [3.63, 3.8) is 0 Å². The highest BCUT2D eigenvalue weighted by Gasteiger charge is 2.13. The summed E-state index contributed by atoms with van der Waals surface area (Å²) in [5.74, 6) is 0.186. The maximum absolute atomic E-state index is 10.1. The Labute approximate surface area is 174 Å². The molecule has 148 valence electrons. The average Bonchev–Trinajstić information content (AvgIpc) is 3.06. The highest BCUT2D eigenvalue weighted by Crippen LogP contribution is 2.30. The third kappa shape index (κ3) is 6.15. The first-order chi connectivity index (χ1) is 13.1. The zero-order chi connectivity index (χ0) is 20.9. The van der Waals surface area contributed by atoms with Gasteiger partial charge in [-0.3, -0.25) is 4.99 Å². The summed E-state index contributed by atoms with van der Waals surface area (Å²) in [4.78, 5) is 10.1. The summed E-state index contributed by atoms with van der Waals surface area (Å²) in [6, 6.07) is 5.38. The van der Waals surface area contributed by atoms with E-state index in [0.29, 0.717) is 12.2 Å². The highest BCUT2D eigenvalue weighted by molar-refractivity contribution is 7.21. The van der Waals surface area contributed by atoms with E-state index in [-0.39, 0.29) is 10.9 Å². The van der Waals surface area contributed by atoms with E-state index in [1.54, 1.807) is 29.5 Å². The van der Waals surface area contributed by atoms with Crippen molar-refractivity contribution in [3.05, 3.63) is 65.8 Å². The van der Waals surface area contributed by atoms with Crippen LogP contribution in [0.3, 0.4) is 0 Å². The number of hydrogen-bond donors (Lipinski definition) is 2. The minimum absolute atomic E-state index is 0.0496. The Bertz CT molecular complexity index is 935. The molecule has 0 saturated carbocycles. The minimum Gasteiger partial charge on any atom is -0.508 e. The topological polar surface area (TPSA) is 57.5 Å². The summed E-state index contributed by atoms with van der Waals surface area (Å²) in [5.41, 5.74) is 4.37. The minimum atomic E-state index is -0.0496. The molecule has 0 amide bonds. The van der Waals surface area contributed by atoms with Crippen molar-refractivity contribution in [3.8, 4) is 16.3 Å². The van der Waals surface area contributed by atoms with Crippen molar-refractivity contribution in [2.24, 2.45) is 4.99 Å². The van der Waals surface area contributed by atoms with Gasteiger partial charge < -0.3 is 10.4 Å². The van der Waals surface area contributed by atoms with Gasteiger partial charge in [0, 0.05) is 51.5 Å². The van der Waals surface area contributed by atoms with Gasteiger partial charge in [0.05, 0.1) is 0 Å². The highest BCUT2D eigenvalue weighted by atomic mass is 32.1. The molecule has 28 heavy (non-hydrogen) atoms. The number of rotatable bonds is 8. The van der Waals surface area contributed by atoms with Crippen LogP contribution in [0.2, 0.25) is 0 Å². The number of nitrogens with one attached hydrogen (secondary N) is 1. The summed E-state index contributed by atoms with van der Waals surface area (Å²) >= 11 is 1.59. The number of nitrogens with zero attached hydrogens (tertiary/aromatic N) is 2. The molecular formula is C22H28N3OPS. The number of phenols is 1. The first-order valence-corrected chi connectivity index (χ1v) is 10.3. The molecule has 0 saturated heterocycles. The number of thiazole rings is 1. The van der Waals surface area contributed by atoms with Gasteiger partial charge in [-0.1, -0.05) is 33.1 Å². The van der Waals surface area contributed by atoms with Crippen molar-refractivity contribution in [1.82, 2.24) is 10.3 Å². The van der Waals surface area contributed by atoms with Gasteiger partial charge in [0.25, 0.3) is 0 Å². The molecule has 0 bridgehead atoms. The van der Waals surface area contributed by atoms with Gasteiger partial charge in [0.1, 0.15) is 10.8 Å². The van der Waals surface area contributed by atoms with Crippen LogP contribution in [0, 0.1) is 6.92 Å². The second kappa shape index (κ2) is 9.31. The number of aromatic nitrogens is 1. The smallest absolute Gasteiger partial charge is 0.123 e. The van der Waals surface area contributed by atoms with Crippen LogP contribution in [-0.4, -0.2) is 27.5 Å². The van der Waals surface area contributed by atoms with Gasteiger partial charge in [-0.2, -0.15) is 0 Å². The van der Waals surface area contributed by atoms with Gasteiger partial charge in [-0.05, 0) is 37.6 Å². The van der Waals surface area contributed by atoms with Crippen molar-refractivity contribution in [1.29, 1.82) is 0 Å². The molecule has 1 aromatic heterocycles. The molecule has 0 aliphatic heterocycles. The molecule has 0 spiro atoms. The van der Waals surface area contributed by atoms with Crippen LogP contribution in [0.5, 0.6) is 5.75 Å². The molecule has 2 rings (SSSR count). The second-order valence-electron chi connectivity index (χ2n) is 7.22. The molecule has 1 atom stereocenters. The molecule has 0 radical (unpaired) electrons. The Kier molecular flexibility index (Phi) is 7.34. The number of aryl methyl sites for hydroxylation is 1. The van der Waals surface area contributed by atoms with Gasteiger partial charge in [-0.25, -0.2) is 4.98 Å². The van der Waals surface area contributed by atoms with Gasteiger partial charge in [0.2, 0.25) is 0 Å². The normalized spacial score (nSPS) is 12.8. The summed E-state index contributed by atoms with van der Waals surface area (Å²) in [6.45, 7) is 16.7. The lowest BCUT2D eigenvalue weighted by Gasteiger charge is -2.17. The van der Waals surface area contributed by atoms with E-state index in [9.17, 15) is 5.11 Å². The summed E-state index contributed by atoms with van der Waals surface area (Å²) in [6.07, 6.45) is 5.43. The monoisotopic (exact) mass is 413 g/mol. The molecule has 1 unspecified atom stereocenters. The van der Waals surface area contributed by atoms with E-state index in [2.05, 4.69) is 51.5 Å². The van der Waals surface area contributed by atoms with Gasteiger partial charge >= 0.3 is 0 Å². The van der Waals surface area contributed by atoms with Crippen LogP contribution >= 0.6 is 20.6 Å². The standard InChI is InChI=1S/C22H28N3OPS/c1-7-17(13-24-16(4)22(5,6)27)12-23-15(3)18-8-19(10-20(26)9-18)21-25-11-14(2)28-21/h7-11,13,23,26H,1,3,12,27H2,2,4-6H3/b17-13+,24-16+. The molecule has 1 aromatic carbocycles. The molecule has 2 aromatic rings. The van der Waals surface area contributed by atoms with Crippen LogP contribution < -0.4 is 5.32 Å². The number of phenolic OH excluding ortho intramolecular Hbond substituents is 1. The Hall–Kier alpha value is -2.23. The molecule has 4 nitrogen and oxygen atoms in total. The lowest BCUT2D eigenvalue weighted by Crippen LogP contribution is -2.20. The predicted octanol–water partition coefficient (Wildman–Crippen LogP) is 5.57. The quantitative estimate of drug-likeness (QED) is 0.338. The third-order valence-electron chi connectivity index (χ3n) is 4.26. The van der Waals surface area contributed by atoms with Crippen LogP contribution in [0.4, 0.5) is 0 Å². The van der Waals surface area contributed by atoms with Crippen LogP contribution in [0.25, 0.3) is 16.3 Å². The fraction of sp³-hybridized carbons (Fsp3) is 0.273. The van der Waals surface area contributed by atoms with E-state index >= 15 is 0 Å². The van der Waals surface area contributed by atoms with E-state index in [4.69, 9.17) is 0 Å². The molecule has 0 fully saturated rings. The molecule has 0 aliphatic rings. The fourth-order valence-electron chi connectivity index (χ4n) is 2.22. The molecule has 1 heterocycles. The lowest BCUT2D eigenvalue weighted by atomic mass is 10.1. The van der Waals surface area contributed by atoms with Crippen molar-refractivity contribution in [2.75, 3.05) is 6.54 Å². The first-order valence-electron chi connectivity index (χ1n) is 8.95. The maximum Gasteiger partial charge on any atom is 0.123 e. The third-order valence-corrected chi connectivity index (χ3v) is 5.64. The number of benzene rings is 1. The Balaban J connectivity index is 2.14. The lowest BCUT2D eigenvalue weighted by molar-refractivity contribution is 0.475. The number of hydrogen-bond acceptors (Lipinski definition) is 5. The SMILES string of the molecule is C=C/C(=C\N=C(/C)C(C)(C)P)CNC(=C)c1cc(O)cc(-c2ncc(C)s2)c1. The van der Waals surface area contributed by atoms with Gasteiger partial charge in [-0.15, -0.1) is 20.6 Å². The van der Waals surface area contributed by atoms with E-state index in [1.807, 2.05) is 32.3 Å². The average molecular weight is 414 g/mol. The van der Waals surface area contributed by atoms with E-state index in [1.165, 1.54) is 0 Å². The van der Waals surface area contributed by atoms with Crippen LogP contribution in [-0.2, 0) is 0 Å². The zero-order valence-corrected chi connectivity index (χ0v) is 18.9. The number of aliphatic imine (C=N–C) groups is 1. The van der Waals surface area contributed by atoms with Crippen LogP contribution in [0.1, 0.15) is 31.2 Å². The Morgan fingerprint density at radius 2 is 2.11 bits per heavy atom. The van der Waals surface area contributed by atoms with Crippen molar-refractivity contribution < 1.29 is 5.11 Å². The summed E-state index contributed by atoms with van der Waals surface area (Å²) in [5, 5.41) is 14.2. The van der Waals surface area contributed by atoms with E-state index < -0.39 is 0 Å². The number of aromatic hydroxyl groups is 1. The molecule has 6 heteroatoms. The maximum atomic E-state index is 10.1. The second-order valence-corrected chi connectivity index (χ2v) is 9.90.